The summed E-state index contributed by atoms with van der Waals surface area (Å²) in [5.74, 6) is -0.435. The third-order valence-corrected chi connectivity index (χ3v) is 5.87. The molecule has 0 bridgehead atoms. The van der Waals surface area contributed by atoms with Crippen molar-refractivity contribution in [1.82, 2.24) is 0 Å². The molecule has 178 valence electrons. The molecule has 0 fully saturated rings. The van der Waals surface area contributed by atoms with Crippen molar-refractivity contribution in [2.24, 2.45) is 0 Å². The first kappa shape index (κ1) is 25.8. The van der Waals surface area contributed by atoms with Gasteiger partial charge in [-0.25, -0.2) is 0 Å². The summed E-state index contributed by atoms with van der Waals surface area (Å²) in [7, 11) is 1.47. The quantitative estimate of drug-likeness (QED) is 0.0841. The fourth-order valence-corrected chi connectivity index (χ4v) is 3.94. The lowest BCUT2D eigenvalue weighted by Gasteiger charge is -2.14. The lowest BCUT2D eigenvalue weighted by atomic mass is 10.1. The minimum Gasteiger partial charge on any atom is -0.506 e. The summed E-state index contributed by atoms with van der Waals surface area (Å²) >= 11 is 8.24. The van der Waals surface area contributed by atoms with Crippen molar-refractivity contribution in [1.29, 1.82) is 5.26 Å². The zero-order valence-corrected chi connectivity index (χ0v) is 21.0. The van der Waals surface area contributed by atoms with Crippen LogP contribution in [0.25, 0.3) is 6.08 Å². The Balaban J connectivity index is 1.83. The Morgan fingerprint density at radius 3 is 2.66 bits per heavy atom. The molecule has 0 aliphatic heterocycles. The Bertz CT molecular complexity index is 1370. The van der Waals surface area contributed by atoms with Crippen LogP contribution >= 0.6 is 34.2 Å². The number of rotatable bonds is 8. The molecule has 2 N–H and O–H groups in total. The van der Waals surface area contributed by atoms with E-state index in [1.807, 2.05) is 24.3 Å². The third kappa shape index (κ3) is 6.40. The molecule has 3 aromatic rings. The zero-order chi connectivity index (χ0) is 25.5. The summed E-state index contributed by atoms with van der Waals surface area (Å²) in [4.78, 5) is 22.7. The minimum absolute atomic E-state index is 0.0720. The molecular weight excluding hydrogens is 589 g/mol. The highest BCUT2D eigenvalue weighted by atomic mass is 127. The second kappa shape index (κ2) is 11.5. The average Bonchev–Trinajstić information content (AvgIpc) is 2.83. The van der Waals surface area contributed by atoms with Crippen LogP contribution in [0.1, 0.15) is 11.1 Å². The summed E-state index contributed by atoms with van der Waals surface area (Å²) in [6.07, 6.45) is 1.35. The number of carbonyl (C=O) groups is 1. The molecule has 0 aliphatic rings. The second-order valence-corrected chi connectivity index (χ2v) is 8.57. The van der Waals surface area contributed by atoms with Gasteiger partial charge in [0.1, 0.15) is 24.0 Å². The van der Waals surface area contributed by atoms with Crippen LogP contribution in [-0.4, -0.2) is 23.0 Å². The fraction of sp³-hybridized carbons (Fsp3) is 0.0833. The number of nitro groups is 1. The number of halogens is 2. The number of phenols is 1. The van der Waals surface area contributed by atoms with Gasteiger partial charge in [-0.2, -0.15) is 5.26 Å². The summed E-state index contributed by atoms with van der Waals surface area (Å²) in [5.41, 5.74) is 0.627. The van der Waals surface area contributed by atoms with E-state index in [2.05, 4.69) is 27.9 Å². The molecule has 0 saturated heterocycles. The molecule has 3 rings (SSSR count). The molecule has 0 aliphatic carbocycles. The van der Waals surface area contributed by atoms with E-state index in [0.717, 1.165) is 17.7 Å². The van der Waals surface area contributed by atoms with Gasteiger partial charge in [0.15, 0.2) is 11.5 Å². The number of benzene rings is 3. The highest BCUT2D eigenvalue weighted by molar-refractivity contribution is 14.1. The van der Waals surface area contributed by atoms with Gasteiger partial charge in [-0.1, -0.05) is 29.8 Å². The van der Waals surface area contributed by atoms with Crippen molar-refractivity contribution in [2.75, 3.05) is 12.4 Å². The van der Waals surface area contributed by atoms with E-state index in [0.29, 0.717) is 25.7 Å². The second-order valence-electron chi connectivity index (χ2n) is 7.00. The highest BCUT2D eigenvalue weighted by Crippen LogP contribution is 2.36. The number of anilines is 1. The van der Waals surface area contributed by atoms with Gasteiger partial charge in [0.25, 0.3) is 11.6 Å². The number of hydrogen-bond donors (Lipinski definition) is 2. The molecule has 0 heterocycles. The Morgan fingerprint density at radius 1 is 1.29 bits per heavy atom. The van der Waals surface area contributed by atoms with Gasteiger partial charge in [0, 0.05) is 16.7 Å². The zero-order valence-electron chi connectivity index (χ0n) is 18.1. The third-order valence-electron chi connectivity index (χ3n) is 4.70. The van der Waals surface area contributed by atoms with Crippen LogP contribution < -0.4 is 14.8 Å². The van der Waals surface area contributed by atoms with Gasteiger partial charge in [-0.05, 0) is 58.5 Å². The number of nitrogens with zero attached hydrogens (tertiary/aromatic N) is 2. The summed E-state index contributed by atoms with van der Waals surface area (Å²) in [5, 5.41) is 33.2. The van der Waals surface area contributed by atoms with Crippen LogP contribution in [0.3, 0.4) is 0 Å². The van der Waals surface area contributed by atoms with Crippen LogP contribution in [-0.2, 0) is 11.4 Å². The predicted molar refractivity (Wildman–Crippen MR) is 138 cm³/mol. The van der Waals surface area contributed by atoms with E-state index in [1.165, 1.54) is 19.3 Å². The van der Waals surface area contributed by atoms with Crippen LogP contribution in [0.15, 0.2) is 60.2 Å². The number of nitro benzene ring substituents is 1. The minimum atomic E-state index is -0.801. The van der Waals surface area contributed by atoms with Crippen molar-refractivity contribution < 1.29 is 24.3 Å². The van der Waals surface area contributed by atoms with E-state index < -0.39 is 16.6 Å². The molecular formula is C24H17ClIN3O6. The van der Waals surface area contributed by atoms with E-state index in [1.54, 1.807) is 18.2 Å². The molecule has 0 spiro atoms. The Hall–Kier alpha value is -3.82. The van der Waals surface area contributed by atoms with Crippen molar-refractivity contribution in [2.45, 2.75) is 6.61 Å². The van der Waals surface area contributed by atoms with Crippen LogP contribution in [0.4, 0.5) is 11.4 Å². The van der Waals surface area contributed by atoms with Crippen LogP contribution in [0.2, 0.25) is 5.02 Å². The normalized spacial score (nSPS) is 10.9. The van der Waals surface area contributed by atoms with Crippen molar-refractivity contribution in [3.8, 4) is 23.3 Å². The Labute approximate surface area is 218 Å². The SMILES string of the molecule is COc1cc(C=C(C#N)C(=O)Nc2ccc([N+](=O)[O-])cc2O)cc(I)c1OCc1ccccc1Cl. The number of carbonyl (C=O) groups excluding carboxylic acids is 1. The van der Waals surface area contributed by atoms with E-state index in [-0.39, 0.29) is 23.6 Å². The number of phenolic OH excluding ortho intramolecular Hbond substituents is 1. The fourth-order valence-electron chi connectivity index (χ4n) is 2.97. The average molecular weight is 606 g/mol. The van der Waals surface area contributed by atoms with Crippen molar-refractivity contribution in [3.63, 3.8) is 0 Å². The Morgan fingerprint density at radius 2 is 2.03 bits per heavy atom. The molecule has 1 amide bonds. The van der Waals surface area contributed by atoms with Crippen LogP contribution in [0, 0.1) is 25.0 Å². The molecule has 0 atom stereocenters. The number of nitriles is 1. The van der Waals surface area contributed by atoms with Gasteiger partial charge in [0.2, 0.25) is 0 Å². The maximum Gasteiger partial charge on any atom is 0.273 e. The molecule has 35 heavy (non-hydrogen) atoms. The predicted octanol–water partition coefficient (Wildman–Crippen LogP) is 5.69. The first-order valence-electron chi connectivity index (χ1n) is 9.87. The lowest BCUT2D eigenvalue weighted by molar-refractivity contribution is -0.384. The number of amides is 1. The maximum absolute atomic E-state index is 12.6. The topological polar surface area (TPSA) is 135 Å². The smallest absolute Gasteiger partial charge is 0.273 e. The number of methoxy groups -OCH3 is 1. The van der Waals surface area contributed by atoms with Gasteiger partial charge in [-0.15, -0.1) is 0 Å². The molecule has 3 aromatic carbocycles. The largest absolute Gasteiger partial charge is 0.506 e. The molecule has 0 radical (unpaired) electrons. The van der Waals surface area contributed by atoms with E-state index in [4.69, 9.17) is 21.1 Å². The Kier molecular flexibility index (Phi) is 8.51. The number of nitrogens with one attached hydrogen (secondary N) is 1. The summed E-state index contributed by atoms with van der Waals surface area (Å²) in [6, 6.07) is 15.6. The standard InChI is InChI=1S/C24H17ClIN3O6/c1-34-22-10-14(9-19(26)23(22)35-13-15-4-2-3-5-18(15)25)8-16(12-27)24(31)28-20-7-6-17(29(32)33)11-21(20)30/h2-11,30H,13H2,1H3,(H,28,31). The molecule has 0 saturated carbocycles. The summed E-state index contributed by atoms with van der Waals surface area (Å²) < 4.78 is 12.0. The number of ether oxygens (including phenoxy) is 2. The van der Waals surface area contributed by atoms with Gasteiger partial charge in [-0.3, -0.25) is 14.9 Å². The lowest BCUT2D eigenvalue weighted by Crippen LogP contribution is -2.13. The van der Waals surface area contributed by atoms with E-state index in [9.17, 15) is 25.3 Å². The molecule has 11 heteroatoms. The molecule has 0 aromatic heterocycles. The first-order chi connectivity index (χ1) is 16.7. The number of non-ortho nitro benzene ring substituents is 1. The van der Waals surface area contributed by atoms with Gasteiger partial charge < -0.3 is 19.9 Å². The van der Waals surface area contributed by atoms with Crippen LogP contribution in [0.5, 0.6) is 17.2 Å². The number of hydrogen-bond acceptors (Lipinski definition) is 7. The van der Waals surface area contributed by atoms with Crippen molar-refractivity contribution in [3.05, 3.63) is 90.0 Å². The summed E-state index contributed by atoms with van der Waals surface area (Å²) in [6.45, 7) is 0.214. The highest BCUT2D eigenvalue weighted by Gasteiger charge is 2.17. The van der Waals surface area contributed by atoms with Crippen molar-refractivity contribution >= 4 is 57.5 Å². The molecule has 9 nitrogen and oxygen atoms in total. The maximum atomic E-state index is 12.6. The first-order valence-corrected chi connectivity index (χ1v) is 11.3. The number of aromatic hydroxyl groups is 1. The molecule has 0 unspecified atom stereocenters. The van der Waals surface area contributed by atoms with Gasteiger partial charge in [0.05, 0.1) is 27.4 Å². The van der Waals surface area contributed by atoms with E-state index >= 15 is 0 Å². The van der Waals surface area contributed by atoms with Gasteiger partial charge >= 0.3 is 0 Å². The monoisotopic (exact) mass is 605 g/mol.